The minimum Gasteiger partial charge on any atom is -0.330 e. The SMILES string of the molecule is CC(C)(CN)CCCS(=O)c1cccs1. The van der Waals surface area contributed by atoms with Crippen molar-refractivity contribution in [3.63, 3.8) is 0 Å². The Morgan fingerprint density at radius 3 is 2.80 bits per heavy atom. The van der Waals surface area contributed by atoms with Crippen LogP contribution in [0.4, 0.5) is 0 Å². The summed E-state index contributed by atoms with van der Waals surface area (Å²) in [6.45, 7) is 5.00. The van der Waals surface area contributed by atoms with Gasteiger partial charge >= 0.3 is 0 Å². The maximum atomic E-state index is 11.8. The highest BCUT2D eigenvalue weighted by Crippen LogP contribution is 2.22. The van der Waals surface area contributed by atoms with Crippen molar-refractivity contribution in [3.05, 3.63) is 17.5 Å². The van der Waals surface area contributed by atoms with E-state index < -0.39 is 10.8 Å². The van der Waals surface area contributed by atoms with Crippen molar-refractivity contribution in [1.82, 2.24) is 0 Å². The zero-order valence-electron chi connectivity index (χ0n) is 9.36. The second-order valence-corrected chi connectivity index (χ2v) is 7.20. The lowest BCUT2D eigenvalue weighted by molar-refractivity contribution is 0.344. The van der Waals surface area contributed by atoms with E-state index in [0.29, 0.717) is 6.54 Å². The van der Waals surface area contributed by atoms with Gasteiger partial charge in [-0.15, -0.1) is 11.3 Å². The van der Waals surface area contributed by atoms with Crippen molar-refractivity contribution in [3.8, 4) is 0 Å². The molecule has 1 unspecified atom stereocenters. The first-order valence-electron chi connectivity index (χ1n) is 5.17. The van der Waals surface area contributed by atoms with Gasteiger partial charge in [0, 0.05) is 5.75 Å². The Labute approximate surface area is 98.3 Å². The molecule has 1 aromatic heterocycles. The van der Waals surface area contributed by atoms with Gasteiger partial charge in [-0.3, -0.25) is 4.21 Å². The minimum atomic E-state index is -0.811. The van der Waals surface area contributed by atoms with E-state index in [1.807, 2.05) is 17.5 Å². The van der Waals surface area contributed by atoms with Gasteiger partial charge in [0.05, 0.1) is 15.0 Å². The van der Waals surface area contributed by atoms with Crippen LogP contribution in [0, 0.1) is 5.41 Å². The Morgan fingerprint density at radius 1 is 1.53 bits per heavy atom. The summed E-state index contributed by atoms with van der Waals surface area (Å²) in [6, 6.07) is 3.89. The zero-order valence-corrected chi connectivity index (χ0v) is 11.0. The van der Waals surface area contributed by atoms with Crippen LogP contribution in [0.1, 0.15) is 26.7 Å². The van der Waals surface area contributed by atoms with Gasteiger partial charge in [-0.25, -0.2) is 0 Å². The molecule has 0 saturated heterocycles. The van der Waals surface area contributed by atoms with E-state index >= 15 is 0 Å². The molecule has 0 amide bonds. The molecule has 0 aromatic carbocycles. The van der Waals surface area contributed by atoms with Gasteiger partial charge in [0.15, 0.2) is 0 Å². The van der Waals surface area contributed by atoms with Crippen molar-refractivity contribution in [1.29, 1.82) is 0 Å². The number of hydrogen-bond acceptors (Lipinski definition) is 3. The standard InChI is InChI=1S/C11H19NOS2/c1-11(2,9-12)6-4-8-15(13)10-5-3-7-14-10/h3,5,7H,4,6,8-9,12H2,1-2H3. The first-order valence-corrected chi connectivity index (χ1v) is 7.37. The number of rotatable bonds is 6. The fourth-order valence-electron chi connectivity index (χ4n) is 1.28. The summed E-state index contributed by atoms with van der Waals surface area (Å²) >= 11 is 1.57. The van der Waals surface area contributed by atoms with Gasteiger partial charge in [0.2, 0.25) is 0 Å². The van der Waals surface area contributed by atoms with E-state index in [1.165, 1.54) is 0 Å². The summed E-state index contributed by atoms with van der Waals surface area (Å²) in [7, 11) is -0.811. The Bertz CT molecular complexity index is 306. The van der Waals surface area contributed by atoms with E-state index in [4.69, 9.17) is 5.73 Å². The van der Waals surface area contributed by atoms with E-state index in [0.717, 1.165) is 22.8 Å². The number of thiophene rings is 1. The average molecular weight is 245 g/mol. The summed E-state index contributed by atoms with van der Waals surface area (Å²) < 4.78 is 12.8. The van der Waals surface area contributed by atoms with Crippen molar-refractivity contribution >= 4 is 22.1 Å². The lowest BCUT2D eigenvalue weighted by Crippen LogP contribution is -2.23. The van der Waals surface area contributed by atoms with Gasteiger partial charge in [-0.05, 0) is 36.2 Å². The van der Waals surface area contributed by atoms with Gasteiger partial charge in [0.25, 0.3) is 0 Å². The fraction of sp³-hybridized carbons (Fsp3) is 0.636. The lowest BCUT2D eigenvalue weighted by atomic mass is 9.88. The quantitative estimate of drug-likeness (QED) is 0.837. The molecule has 1 rings (SSSR count). The first kappa shape index (κ1) is 12.9. The molecule has 1 heterocycles. The maximum Gasteiger partial charge on any atom is 0.0910 e. The second kappa shape index (κ2) is 5.77. The smallest absolute Gasteiger partial charge is 0.0910 e. The van der Waals surface area contributed by atoms with E-state index in [2.05, 4.69) is 13.8 Å². The molecule has 2 nitrogen and oxygen atoms in total. The van der Waals surface area contributed by atoms with Crippen molar-refractivity contribution in [2.24, 2.45) is 11.1 Å². The van der Waals surface area contributed by atoms with Crippen molar-refractivity contribution in [2.45, 2.75) is 30.9 Å². The molecule has 86 valence electrons. The summed E-state index contributed by atoms with van der Waals surface area (Å²) in [5.74, 6) is 0.754. The van der Waals surface area contributed by atoms with E-state index in [1.54, 1.807) is 11.3 Å². The Balaban J connectivity index is 2.30. The molecule has 0 saturated carbocycles. The normalized spacial score (nSPS) is 14.1. The van der Waals surface area contributed by atoms with Gasteiger partial charge in [0.1, 0.15) is 0 Å². The van der Waals surface area contributed by atoms with Crippen molar-refractivity contribution in [2.75, 3.05) is 12.3 Å². The van der Waals surface area contributed by atoms with E-state index in [-0.39, 0.29) is 5.41 Å². The third kappa shape index (κ3) is 4.45. The van der Waals surface area contributed by atoms with Crippen LogP contribution in [0.3, 0.4) is 0 Å². The zero-order chi connectivity index (χ0) is 11.3. The Morgan fingerprint density at radius 2 is 2.27 bits per heavy atom. The Kier molecular flexibility index (Phi) is 4.96. The summed E-state index contributed by atoms with van der Waals surface area (Å²) in [5, 5.41) is 1.97. The minimum absolute atomic E-state index is 0.180. The van der Waals surface area contributed by atoms with Crippen LogP contribution in [-0.2, 0) is 10.8 Å². The summed E-state index contributed by atoms with van der Waals surface area (Å²) in [6.07, 6.45) is 2.02. The van der Waals surface area contributed by atoms with Crippen LogP contribution in [0.15, 0.2) is 21.7 Å². The molecular weight excluding hydrogens is 226 g/mol. The molecule has 1 aromatic rings. The predicted molar refractivity (Wildman–Crippen MR) is 67.7 cm³/mol. The molecule has 0 spiro atoms. The maximum absolute atomic E-state index is 11.8. The molecule has 1 atom stereocenters. The van der Waals surface area contributed by atoms with E-state index in [9.17, 15) is 4.21 Å². The molecule has 0 bridgehead atoms. The molecule has 0 aliphatic carbocycles. The molecule has 15 heavy (non-hydrogen) atoms. The Hall–Kier alpha value is -0.190. The van der Waals surface area contributed by atoms with Crippen molar-refractivity contribution < 1.29 is 4.21 Å². The van der Waals surface area contributed by atoms with Crippen LogP contribution >= 0.6 is 11.3 Å². The molecule has 2 N–H and O–H groups in total. The third-order valence-electron chi connectivity index (χ3n) is 2.46. The second-order valence-electron chi connectivity index (χ2n) is 4.45. The molecule has 0 aliphatic rings. The summed E-state index contributed by atoms with van der Waals surface area (Å²) in [4.78, 5) is 0. The molecule has 0 aliphatic heterocycles. The monoisotopic (exact) mass is 245 g/mol. The summed E-state index contributed by atoms with van der Waals surface area (Å²) in [5.41, 5.74) is 5.82. The third-order valence-corrected chi connectivity index (χ3v) is 5.21. The van der Waals surface area contributed by atoms with Crippen LogP contribution in [-0.4, -0.2) is 16.5 Å². The highest BCUT2D eigenvalue weighted by Gasteiger charge is 2.15. The molecular formula is C11H19NOS2. The first-order chi connectivity index (χ1) is 7.05. The van der Waals surface area contributed by atoms with Crippen LogP contribution < -0.4 is 5.73 Å². The topological polar surface area (TPSA) is 43.1 Å². The largest absolute Gasteiger partial charge is 0.330 e. The highest BCUT2D eigenvalue weighted by atomic mass is 32.2. The predicted octanol–water partition coefficient (Wildman–Crippen LogP) is 2.62. The van der Waals surface area contributed by atoms with Crippen LogP contribution in [0.25, 0.3) is 0 Å². The molecule has 4 heteroatoms. The fourth-order valence-corrected chi connectivity index (χ4v) is 3.41. The van der Waals surface area contributed by atoms with Crippen LogP contribution in [0.5, 0.6) is 0 Å². The average Bonchev–Trinajstić information content (AvgIpc) is 2.70. The van der Waals surface area contributed by atoms with Crippen LogP contribution in [0.2, 0.25) is 0 Å². The van der Waals surface area contributed by atoms with Gasteiger partial charge < -0.3 is 5.73 Å². The number of hydrogen-bond donors (Lipinski definition) is 1. The van der Waals surface area contributed by atoms with Gasteiger partial charge in [-0.1, -0.05) is 19.9 Å². The van der Waals surface area contributed by atoms with Gasteiger partial charge in [-0.2, -0.15) is 0 Å². The molecule has 0 radical (unpaired) electrons. The molecule has 0 fully saturated rings. The lowest BCUT2D eigenvalue weighted by Gasteiger charge is -2.21. The number of nitrogens with two attached hydrogens (primary N) is 1. The highest BCUT2D eigenvalue weighted by molar-refractivity contribution is 7.87.